The van der Waals surface area contributed by atoms with Crippen LogP contribution in [0.15, 0.2) is 30.3 Å². The molecule has 3 rings (SSSR count). The fourth-order valence-corrected chi connectivity index (χ4v) is 3.68. The minimum Gasteiger partial charge on any atom is -0.312 e. The van der Waals surface area contributed by atoms with Crippen LogP contribution in [0.1, 0.15) is 37.7 Å². The van der Waals surface area contributed by atoms with Gasteiger partial charge in [0.05, 0.1) is 0 Å². The van der Waals surface area contributed by atoms with Crippen LogP contribution in [0.25, 0.3) is 0 Å². The Morgan fingerprint density at radius 3 is 2.42 bits per heavy atom. The van der Waals surface area contributed by atoms with Gasteiger partial charge in [-0.2, -0.15) is 0 Å². The number of nitrogens with one attached hydrogen (secondary N) is 2. The summed E-state index contributed by atoms with van der Waals surface area (Å²) in [6.45, 7) is 2.41. The van der Waals surface area contributed by atoms with Gasteiger partial charge in [0.25, 0.3) is 0 Å². The summed E-state index contributed by atoms with van der Waals surface area (Å²) < 4.78 is 0. The highest BCUT2D eigenvalue weighted by Gasteiger charge is 2.27. The summed E-state index contributed by atoms with van der Waals surface area (Å²) in [5.74, 6) is 0.862. The summed E-state index contributed by atoms with van der Waals surface area (Å²) in [5, 5.41) is 7.43. The molecule has 19 heavy (non-hydrogen) atoms. The Labute approximate surface area is 117 Å². The third kappa shape index (κ3) is 3.58. The van der Waals surface area contributed by atoms with Gasteiger partial charge >= 0.3 is 0 Å². The van der Waals surface area contributed by atoms with E-state index in [4.69, 9.17) is 0 Å². The van der Waals surface area contributed by atoms with E-state index in [0.29, 0.717) is 6.04 Å². The molecule has 0 saturated carbocycles. The molecule has 2 aliphatic rings. The lowest BCUT2D eigenvalue weighted by Gasteiger charge is -2.23. The highest BCUT2D eigenvalue weighted by Crippen LogP contribution is 2.24. The van der Waals surface area contributed by atoms with Crippen LogP contribution in [0.3, 0.4) is 0 Å². The molecule has 2 N–H and O–H groups in total. The van der Waals surface area contributed by atoms with Crippen LogP contribution in [0.2, 0.25) is 0 Å². The first kappa shape index (κ1) is 13.1. The van der Waals surface area contributed by atoms with Gasteiger partial charge in [-0.05, 0) is 63.1 Å². The molecule has 104 valence electrons. The van der Waals surface area contributed by atoms with E-state index in [1.54, 1.807) is 0 Å². The Kier molecular flexibility index (Phi) is 4.52. The van der Waals surface area contributed by atoms with Crippen molar-refractivity contribution in [1.29, 1.82) is 0 Å². The molecule has 0 bridgehead atoms. The van der Waals surface area contributed by atoms with Gasteiger partial charge in [-0.15, -0.1) is 0 Å². The fourth-order valence-electron chi connectivity index (χ4n) is 3.68. The number of rotatable bonds is 3. The van der Waals surface area contributed by atoms with Crippen molar-refractivity contribution in [2.24, 2.45) is 5.92 Å². The number of hydrogen-bond acceptors (Lipinski definition) is 2. The predicted octanol–water partition coefficient (Wildman–Crippen LogP) is 2.74. The topological polar surface area (TPSA) is 24.1 Å². The summed E-state index contributed by atoms with van der Waals surface area (Å²) in [6.07, 6.45) is 8.03. The van der Waals surface area contributed by atoms with E-state index in [9.17, 15) is 0 Å². The minimum absolute atomic E-state index is 0.711. The van der Waals surface area contributed by atoms with Gasteiger partial charge in [-0.25, -0.2) is 0 Å². The van der Waals surface area contributed by atoms with Crippen LogP contribution in [-0.4, -0.2) is 25.2 Å². The van der Waals surface area contributed by atoms with Gasteiger partial charge in [0.1, 0.15) is 0 Å². The lowest BCUT2D eigenvalue weighted by atomic mass is 9.91. The summed E-state index contributed by atoms with van der Waals surface area (Å²) in [5.41, 5.74) is 1.50. The molecule has 0 aliphatic carbocycles. The van der Waals surface area contributed by atoms with E-state index in [1.165, 1.54) is 57.2 Å². The zero-order valence-electron chi connectivity index (χ0n) is 11.8. The third-order valence-electron chi connectivity index (χ3n) is 4.80. The van der Waals surface area contributed by atoms with Crippen molar-refractivity contribution in [1.82, 2.24) is 10.6 Å². The van der Waals surface area contributed by atoms with Crippen LogP contribution >= 0.6 is 0 Å². The Morgan fingerprint density at radius 2 is 1.63 bits per heavy atom. The van der Waals surface area contributed by atoms with Gasteiger partial charge in [-0.1, -0.05) is 30.3 Å². The van der Waals surface area contributed by atoms with Gasteiger partial charge in [0, 0.05) is 12.1 Å². The van der Waals surface area contributed by atoms with E-state index in [1.807, 2.05) is 0 Å². The largest absolute Gasteiger partial charge is 0.312 e. The molecule has 2 nitrogen and oxygen atoms in total. The Morgan fingerprint density at radius 1 is 0.842 bits per heavy atom. The van der Waals surface area contributed by atoms with Crippen LogP contribution in [0.4, 0.5) is 0 Å². The second-order valence-corrected chi connectivity index (χ2v) is 6.19. The molecule has 0 radical (unpaired) electrons. The first-order valence-corrected chi connectivity index (χ1v) is 7.92. The molecule has 0 amide bonds. The quantitative estimate of drug-likeness (QED) is 0.871. The summed E-state index contributed by atoms with van der Waals surface area (Å²) in [7, 11) is 0. The second kappa shape index (κ2) is 6.53. The second-order valence-electron chi connectivity index (χ2n) is 6.19. The Hall–Kier alpha value is -0.860. The maximum Gasteiger partial charge on any atom is 0.0221 e. The number of benzene rings is 1. The van der Waals surface area contributed by atoms with Crippen molar-refractivity contribution in [2.75, 3.05) is 13.1 Å². The zero-order valence-corrected chi connectivity index (χ0v) is 11.8. The normalized spacial score (nSPS) is 32.1. The predicted molar refractivity (Wildman–Crippen MR) is 80.3 cm³/mol. The third-order valence-corrected chi connectivity index (χ3v) is 4.80. The molecular formula is C17H26N2. The molecule has 2 saturated heterocycles. The lowest BCUT2D eigenvalue weighted by Crippen LogP contribution is -2.44. The number of hydrogen-bond donors (Lipinski definition) is 2. The van der Waals surface area contributed by atoms with Crippen LogP contribution in [-0.2, 0) is 6.42 Å². The summed E-state index contributed by atoms with van der Waals surface area (Å²) in [6, 6.07) is 12.4. The van der Waals surface area contributed by atoms with Crippen molar-refractivity contribution < 1.29 is 0 Å². The molecule has 0 unspecified atom stereocenters. The smallest absolute Gasteiger partial charge is 0.0221 e. The SMILES string of the molecule is c1ccc(C[C@@H]2CCN[C@H]([C@@H]3CCCN3)CC2)cc1. The van der Waals surface area contributed by atoms with E-state index in [2.05, 4.69) is 41.0 Å². The van der Waals surface area contributed by atoms with E-state index >= 15 is 0 Å². The summed E-state index contributed by atoms with van der Waals surface area (Å²) in [4.78, 5) is 0. The summed E-state index contributed by atoms with van der Waals surface area (Å²) >= 11 is 0. The molecule has 0 spiro atoms. The molecule has 2 heteroatoms. The van der Waals surface area contributed by atoms with E-state index < -0.39 is 0 Å². The Balaban J connectivity index is 1.52. The average molecular weight is 258 g/mol. The highest BCUT2D eigenvalue weighted by atomic mass is 15.0. The maximum atomic E-state index is 3.78. The van der Waals surface area contributed by atoms with Crippen molar-refractivity contribution in [2.45, 2.75) is 50.6 Å². The first-order chi connectivity index (χ1) is 9.42. The monoisotopic (exact) mass is 258 g/mol. The maximum absolute atomic E-state index is 3.78. The average Bonchev–Trinajstić information content (AvgIpc) is 2.88. The standard InChI is InChI=1S/C17H26N2/c1-2-5-14(6-3-1)13-15-8-9-17(19-12-10-15)16-7-4-11-18-16/h1-3,5-6,15-19H,4,7-13H2/t15-,16-,17-/m0/s1. The Bertz CT molecular complexity index is 370. The highest BCUT2D eigenvalue weighted by molar-refractivity contribution is 5.15. The van der Waals surface area contributed by atoms with Gasteiger partial charge in [0.2, 0.25) is 0 Å². The van der Waals surface area contributed by atoms with Crippen LogP contribution < -0.4 is 10.6 Å². The fraction of sp³-hybridized carbons (Fsp3) is 0.647. The van der Waals surface area contributed by atoms with E-state index in [0.717, 1.165) is 12.0 Å². The van der Waals surface area contributed by atoms with Crippen molar-refractivity contribution in [3.63, 3.8) is 0 Å². The molecule has 3 atom stereocenters. The van der Waals surface area contributed by atoms with E-state index in [-0.39, 0.29) is 0 Å². The zero-order chi connectivity index (χ0) is 12.9. The molecule has 2 fully saturated rings. The van der Waals surface area contributed by atoms with Crippen molar-refractivity contribution in [3.8, 4) is 0 Å². The van der Waals surface area contributed by atoms with Gasteiger partial charge in [-0.3, -0.25) is 0 Å². The molecule has 0 aromatic heterocycles. The lowest BCUT2D eigenvalue weighted by molar-refractivity contribution is 0.390. The molecule has 2 aliphatic heterocycles. The molecule has 1 aromatic rings. The van der Waals surface area contributed by atoms with Crippen molar-refractivity contribution in [3.05, 3.63) is 35.9 Å². The molecular weight excluding hydrogens is 232 g/mol. The van der Waals surface area contributed by atoms with Crippen LogP contribution in [0, 0.1) is 5.92 Å². The van der Waals surface area contributed by atoms with Gasteiger partial charge < -0.3 is 10.6 Å². The van der Waals surface area contributed by atoms with Crippen LogP contribution in [0.5, 0.6) is 0 Å². The molecule has 2 heterocycles. The first-order valence-electron chi connectivity index (χ1n) is 7.92. The van der Waals surface area contributed by atoms with Gasteiger partial charge in [0.15, 0.2) is 0 Å². The van der Waals surface area contributed by atoms with Crippen molar-refractivity contribution >= 4 is 0 Å². The molecule has 1 aromatic carbocycles. The minimum atomic E-state index is 0.711.